The van der Waals surface area contributed by atoms with Gasteiger partial charge in [0, 0.05) is 32.7 Å². The quantitative estimate of drug-likeness (QED) is 0.684. The summed E-state index contributed by atoms with van der Waals surface area (Å²) in [7, 11) is 1.97. The molecule has 1 radical (unpaired) electrons. The number of hydrogen-bond donors (Lipinski definition) is 1. The van der Waals surface area contributed by atoms with E-state index in [2.05, 4.69) is 26.1 Å². The third kappa shape index (κ3) is 6.96. The fraction of sp³-hybridized carbons (Fsp3) is 0.857. The second-order valence-electron chi connectivity index (χ2n) is 2.94. The third-order valence-corrected chi connectivity index (χ3v) is 1.33. The summed E-state index contributed by atoms with van der Waals surface area (Å²) < 4.78 is 0. The van der Waals surface area contributed by atoms with E-state index in [1.165, 1.54) is 0 Å². The van der Waals surface area contributed by atoms with Crippen LogP contribution in [-0.4, -0.2) is 13.6 Å². The molecule has 0 aliphatic rings. The molecule has 9 heavy (non-hydrogen) atoms. The van der Waals surface area contributed by atoms with Crippen LogP contribution in [0.3, 0.4) is 0 Å². The molecule has 53 valence electrons. The van der Waals surface area contributed by atoms with Gasteiger partial charge in [-0.1, -0.05) is 19.3 Å². The van der Waals surface area contributed by atoms with Crippen molar-refractivity contribution in [2.24, 2.45) is 5.41 Å². The van der Waals surface area contributed by atoms with Crippen molar-refractivity contribution in [2.75, 3.05) is 13.6 Å². The molecule has 1 nitrogen and oxygen atoms in total. The molecular weight excluding hydrogens is 187 g/mol. The molecule has 1 N–H and O–H groups in total. The molecule has 0 spiro atoms. The Morgan fingerprint density at radius 2 is 1.89 bits per heavy atom. The van der Waals surface area contributed by atoms with Crippen LogP contribution in [0.2, 0.25) is 0 Å². The minimum absolute atomic E-state index is 0. The molecule has 0 unspecified atom stereocenters. The molecule has 0 atom stereocenters. The zero-order valence-corrected chi connectivity index (χ0v) is 9.54. The first-order valence-electron chi connectivity index (χ1n) is 3.06. The smallest absolute Gasteiger partial charge is 0 e. The Kier molecular flexibility index (Phi) is 8.22. The predicted molar refractivity (Wildman–Crippen MR) is 37.7 cm³/mol. The van der Waals surface area contributed by atoms with Crippen LogP contribution in [0.15, 0.2) is 0 Å². The van der Waals surface area contributed by atoms with Gasteiger partial charge < -0.3 is 12.2 Å². The summed E-state index contributed by atoms with van der Waals surface area (Å²) in [6.45, 7) is 9.30. The minimum Gasteiger partial charge on any atom is -0.343 e. The van der Waals surface area contributed by atoms with Gasteiger partial charge in [-0.2, -0.15) is 6.42 Å². The van der Waals surface area contributed by atoms with E-state index < -0.39 is 0 Å². The molecule has 0 rings (SSSR count). The standard InChI is InChI=1S/C7H16N.Y/c1-5-7(2,3)6-8-4;/h8H,1,5-6H2,2-4H3;/q-1;. The Bertz CT molecular complexity index is 61.9. The number of nitrogens with one attached hydrogen (secondary N) is 1. The molecule has 0 saturated heterocycles. The fourth-order valence-corrected chi connectivity index (χ4v) is 0.567. The molecule has 0 aromatic carbocycles. The summed E-state index contributed by atoms with van der Waals surface area (Å²) in [6.07, 6.45) is 0.994. The summed E-state index contributed by atoms with van der Waals surface area (Å²) in [4.78, 5) is 0. The van der Waals surface area contributed by atoms with Gasteiger partial charge in [0.25, 0.3) is 0 Å². The number of rotatable bonds is 3. The molecular formula is C7H16NY-. The Hall–Kier alpha value is 1.06. The maximum absolute atomic E-state index is 3.84. The largest absolute Gasteiger partial charge is 0.343 e. The van der Waals surface area contributed by atoms with Crippen LogP contribution in [-0.2, 0) is 32.7 Å². The van der Waals surface area contributed by atoms with E-state index in [-0.39, 0.29) is 32.7 Å². The van der Waals surface area contributed by atoms with Gasteiger partial charge in [0.15, 0.2) is 0 Å². The average molecular weight is 203 g/mol. The minimum atomic E-state index is 0. The predicted octanol–water partition coefficient (Wildman–Crippen LogP) is 1.45. The summed E-state index contributed by atoms with van der Waals surface area (Å²) in [5.41, 5.74) is 0.370. The Labute approximate surface area is 83.9 Å². The zero-order valence-electron chi connectivity index (χ0n) is 6.70. The normalized spacial score (nSPS) is 10.7. The van der Waals surface area contributed by atoms with Crippen LogP contribution < -0.4 is 5.32 Å². The van der Waals surface area contributed by atoms with Gasteiger partial charge in [0.05, 0.1) is 0 Å². The van der Waals surface area contributed by atoms with E-state index in [1.807, 2.05) is 7.05 Å². The first-order chi connectivity index (χ1) is 3.62. The van der Waals surface area contributed by atoms with Crippen molar-refractivity contribution in [2.45, 2.75) is 20.3 Å². The number of hydrogen-bond acceptors (Lipinski definition) is 1. The summed E-state index contributed by atoms with van der Waals surface area (Å²) in [5.74, 6) is 0. The van der Waals surface area contributed by atoms with Gasteiger partial charge in [-0.3, -0.25) is 0 Å². The van der Waals surface area contributed by atoms with Crippen LogP contribution >= 0.6 is 0 Å². The van der Waals surface area contributed by atoms with Gasteiger partial charge in [-0.05, 0) is 13.6 Å². The van der Waals surface area contributed by atoms with Crippen molar-refractivity contribution >= 4 is 0 Å². The van der Waals surface area contributed by atoms with Crippen LogP contribution in [0.5, 0.6) is 0 Å². The van der Waals surface area contributed by atoms with Crippen molar-refractivity contribution in [3.05, 3.63) is 6.92 Å². The molecule has 0 aromatic heterocycles. The maximum Gasteiger partial charge on any atom is 0 e. The van der Waals surface area contributed by atoms with Crippen molar-refractivity contribution < 1.29 is 32.7 Å². The summed E-state index contributed by atoms with van der Waals surface area (Å²) >= 11 is 0. The van der Waals surface area contributed by atoms with Crippen molar-refractivity contribution in [1.82, 2.24) is 5.32 Å². The maximum atomic E-state index is 3.84. The van der Waals surface area contributed by atoms with Crippen LogP contribution in [0.4, 0.5) is 0 Å². The topological polar surface area (TPSA) is 12.0 Å². The molecule has 0 amide bonds. The van der Waals surface area contributed by atoms with Crippen LogP contribution in [0.1, 0.15) is 20.3 Å². The van der Waals surface area contributed by atoms with E-state index in [1.54, 1.807) is 0 Å². The van der Waals surface area contributed by atoms with Gasteiger partial charge >= 0.3 is 0 Å². The SMILES string of the molecule is [CH2-]CC(C)(C)CNC.[Y]. The second-order valence-corrected chi connectivity index (χ2v) is 2.94. The van der Waals surface area contributed by atoms with E-state index in [9.17, 15) is 0 Å². The Balaban J connectivity index is 0. The van der Waals surface area contributed by atoms with E-state index in [0.717, 1.165) is 13.0 Å². The Morgan fingerprint density at radius 1 is 1.44 bits per heavy atom. The second kappa shape index (κ2) is 5.82. The zero-order chi connectivity index (χ0) is 6.62. The van der Waals surface area contributed by atoms with Gasteiger partial charge in [-0.15, -0.1) is 0 Å². The summed E-state index contributed by atoms with van der Waals surface area (Å²) in [6, 6.07) is 0. The molecule has 0 aliphatic heterocycles. The average Bonchev–Trinajstić information content (AvgIpc) is 1.67. The molecule has 0 heterocycles. The molecule has 0 aromatic rings. The van der Waals surface area contributed by atoms with Crippen molar-refractivity contribution in [3.63, 3.8) is 0 Å². The van der Waals surface area contributed by atoms with E-state index >= 15 is 0 Å². The first kappa shape index (κ1) is 12.7. The van der Waals surface area contributed by atoms with Gasteiger partial charge in [0.2, 0.25) is 0 Å². The molecule has 0 saturated carbocycles. The molecule has 2 heteroatoms. The van der Waals surface area contributed by atoms with Gasteiger partial charge in [-0.25, -0.2) is 0 Å². The third-order valence-electron chi connectivity index (χ3n) is 1.33. The Morgan fingerprint density at radius 3 is 2.00 bits per heavy atom. The molecule has 0 bridgehead atoms. The van der Waals surface area contributed by atoms with Gasteiger partial charge in [0.1, 0.15) is 0 Å². The first-order valence-corrected chi connectivity index (χ1v) is 3.06. The molecule has 0 fully saturated rings. The van der Waals surface area contributed by atoms with Crippen molar-refractivity contribution in [3.8, 4) is 0 Å². The summed E-state index contributed by atoms with van der Waals surface area (Å²) in [5, 5.41) is 3.12. The van der Waals surface area contributed by atoms with Crippen LogP contribution in [0, 0.1) is 12.3 Å². The fourth-order valence-electron chi connectivity index (χ4n) is 0.567. The van der Waals surface area contributed by atoms with E-state index in [4.69, 9.17) is 0 Å². The monoisotopic (exact) mass is 203 g/mol. The van der Waals surface area contributed by atoms with Crippen LogP contribution in [0.25, 0.3) is 0 Å². The molecule has 0 aliphatic carbocycles. The van der Waals surface area contributed by atoms with E-state index in [0.29, 0.717) is 5.41 Å². The van der Waals surface area contributed by atoms with Crippen molar-refractivity contribution in [1.29, 1.82) is 0 Å².